The maximum atomic E-state index is 12.8. The molecule has 1 aliphatic heterocycles. The summed E-state index contributed by atoms with van der Waals surface area (Å²) in [6, 6.07) is 6.92. The highest BCUT2D eigenvalue weighted by atomic mass is 79.9. The number of thioether (sulfide) groups is 1. The molecule has 0 aliphatic carbocycles. The van der Waals surface area contributed by atoms with E-state index in [0.29, 0.717) is 26.8 Å². The van der Waals surface area contributed by atoms with Crippen LogP contribution < -0.4 is 14.9 Å². The number of nitrogens with one attached hydrogen (secondary N) is 1. The molecule has 6 nitrogen and oxygen atoms in total. The summed E-state index contributed by atoms with van der Waals surface area (Å²) >= 11 is 11.0. The van der Waals surface area contributed by atoms with Gasteiger partial charge in [-0.25, -0.2) is 0 Å². The van der Waals surface area contributed by atoms with Crippen LogP contribution in [0.3, 0.4) is 0 Å². The number of halogens is 1. The van der Waals surface area contributed by atoms with Crippen molar-refractivity contribution >= 4 is 73.5 Å². The van der Waals surface area contributed by atoms with Crippen molar-refractivity contribution in [2.75, 3.05) is 13.7 Å². The number of amides is 2. The van der Waals surface area contributed by atoms with Gasteiger partial charge in [0.1, 0.15) is 6.61 Å². The van der Waals surface area contributed by atoms with Crippen LogP contribution >= 0.6 is 51.2 Å². The Bertz CT molecular complexity index is 1040. The largest absolute Gasteiger partial charge is 0.493 e. The number of carbonyl (C=O) groups is 2. The van der Waals surface area contributed by atoms with E-state index in [9.17, 15) is 9.59 Å². The van der Waals surface area contributed by atoms with E-state index in [1.165, 1.54) is 18.4 Å². The first-order valence-electron chi connectivity index (χ1n) is 8.01. The van der Waals surface area contributed by atoms with Crippen molar-refractivity contribution in [1.82, 2.24) is 10.4 Å². The van der Waals surface area contributed by atoms with Crippen molar-refractivity contribution in [3.8, 4) is 23.8 Å². The minimum absolute atomic E-state index is 0.0384. The zero-order valence-electron chi connectivity index (χ0n) is 14.9. The molecule has 1 aromatic carbocycles. The highest BCUT2D eigenvalue weighted by molar-refractivity contribution is 9.10. The number of hydrazine groups is 1. The molecule has 1 aromatic heterocycles. The second-order valence-corrected chi connectivity index (χ2v) is 8.99. The predicted molar refractivity (Wildman–Crippen MR) is 122 cm³/mol. The maximum Gasteiger partial charge on any atom is 0.285 e. The Morgan fingerprint density at radius 1 is 1.48 bits per heavy atom. The van der Waals surface area contributed by atoms with E-state index >= 15 is 0 Å². The second kappa shape index (κ2) is 9.45. The number of carbonyl (C=O) groups excluding carboxylic acids is 2. The zero-order chi connectivity index (χ0) is 21.0. The normalized spacial score (nSPS) is 14.8. The fourth-order valence-corrected chi connectivity index (χ4v) is 4.62. The number of benzene rings is 1. The lowest BCUT2D eigenvalue weighted by Gasteiger charge is -2.15. The molecule has 0 unspecified atom stereocenters. The molecule has 10 heteroatoms. The molecule has 1 saturated heterocycles. The van der Waals surface area contributed by atoms with Gasteiger partial charge in [0.25, 0.3) is 11.8 Å². The standard InChI is InChI=1S/C19H13BrN2O4S3/c1-3-6-26-16-11(8-12(20)10-13(16)25-2)9-15-18(24)22(19(27)29-15)21-17(23)14-5-4-7-28-14/h1,4-5,7-10H,6H2,2H3,(H,21,23)/b15-9+. The lowest BCUT2D eigenvalue weighted by atomic mass is 10.1. The fourth-order valence-electron chi connectivity index (χ4n) is 2.39. The molecule has 1 fully saturated rings. The Labute approximate surface area is 189 Å². The molecule has 3 rings (SSSR count). The van der Waals surface area contributed by atoms with Crippen LogP contribution in [0.1, 0.15) is 15.2 Å². The third kappa shape index (κ3) is 4.82. The highest BCUT2D eigenvalue weighted by Crippen LogP contribution is 2.39. The van der Waals surface area contributed by atoms with Gasteiger partial charge in [-0.15, -0.1) is 17.8 Å². The van der Waals surface area contributed by atoms with Crippen LogP contribution in [0.15, 0.2) is 39.0 Å². The Kier molecular flexibility index (Phi) is 6.97. The molecule has 29 heavy (non-hydrogen) atoms. The Balaban J connectivity index is 1.90. The van der Waals surface area contributed by atoms with Crippen molar-refractivity contribution in [1.29, 1.82) is 0 Å². The van der Waals surface area contributed by atoms with Crippen molar-refractivity contribution in [3.63, 3.8) is 0 Å². The molecule has 0 atom stereocenters. The molecule has 1 N–H and O–H groups in total. The van der Waals surface area contributed by atoms with Crippen LogP contribution in [0.2, 0.25) is 0 Å². The summed E-state index contributed by atoms with van der Waals surface area (Å²) in [4.78, 5) is 25.9. The van der Waals surface area contributed by atoms with E-state index in [4.69, 9.17) is 28.1 Å². The number of terminal acetylenes is 1. The minimum atomic E-state index is -0.438. The van der Waals surface area contributed by atoms with E-state index in [0.717, 1.165) is 21.2 Å². The Hall–Kier alpha value is -2.32. The number of methoxy groups -OCH3 is 1. The fraction of sp³-hybridized carbons (Fsp3) is 0.105. The van der Waals surface area contributed by atoms with Crippen LogP contribution in [0.25, 0.3) is 6.08 Å². The van der Waals surface area contributed by atoms with Gasteiger partial charge in [0.2, 0.25) is 0 Å². The monoisotopic (exact) mass is 508 g/mol. The average molecular weight is 509 g/mol. The third-order valence-electron chi connectivity index (χ3n) is 3.61. The summed E-state index contributed by atoms with van der Waals surface area (Å²) in [5.74, 6) is 2.43. The van der Waals surface area contributed by atoms with Gasteiger partial charge in [-0.3, -0.25) is 15.0 Å². The molecule has 1 aliphatic rings. The molecular weight excluding hydrogens is 496 g/mol. The number of thiophene rings is 1. The summed E-state index contributed by atoms with van der Waals surface area (Å²) < 4.78 is 11.9. The van der Waals surface area contributed by atoms with Gasteiger partial charge in [-0.05, 0) is 41.9 Å². The van der Waals surface area contributed by atoms with E-state index in [1.807, 2.05) is 0 Å². The molecule has 0 bridgehead atoms. The highest BCUT2D eigenvalue weighted by Gasteiger charge is 2.34. The smallest absolute Gasteiger partial charge is 0.285 e. The summed E-state index contributed by atoms with van der Waals surface area (Å²) in [5.41, 5.74) is 3.12. The minimum Gasteiger partial charge on any atom is -0.493 e. The van der Waals surface area contributed by atoms with E-state index in [-0.39, 0.29) is 10.9 Å². The van der Waals surface area contributed by atoms with Crippen LogP contribution in [0.4, 0.5) is 0 Å². The topological polar surface area (TPSA) is 67.9 Å². The van der Waals surface area contributed by atoms with Gasteiger partial charge in [-0.1, -0.05) is 39.7 Å². The summed E-state index contributed by atoms with van der Waals surface area (Å²) in [6.07, 6.45) is 6.92. The molecule has 2 heterocycles. The van der Waals surface area contributed by atoms with Gasteiger partial charge >= 0.3 is 0 Å². The number of nitrogens with zero attached hydrogens (tertiary/aromatic N) is 1. The van der Waals surface area contributed by atoms with E-state index in [1.54, 1.807) is 35.7 Å². The zero-order valence-corrected chi connectivity index (χ0v) is 19.0. The van der Waals surface area contributed by atoms with Crippen molar-refractivity contribution in [2.24, 2.45) is 0 Å². The molecule has 0 spiro atoms. The molecular formula is C19H13BrN2O4S3. The SMILES string of the molecule is C#CCOc1c(/C=C2/SC(=S)N(NC(=O)c3cccs3)C2=O)cc(Br)cc1OC. The Morgan fingerprint density at radius 3 is 2.93 bits per heavy atom. The van der Waals surface area contributed by atoms with Crippen LogP contribution in [0.5, 0.6) is 11.5 Å². The summed E-state index contributed by atoms with van der Waals surface area (Å²) in [7, 11) is 1.51. The van der Waals surface area contributed by atoms with Crippen molar-refractivity contribution < 1.29 is 19.1 Å². The predicted octanol–water partition coefficient (Wildman–Crippen LogP) is 4.08. The number of hydrogen-bond donors (Lipinski definition) is 1. The second-order valence-electron chi connectivity index (χ2n) is 5.45. The Morgan fingerprint density at radius 2 is 2.28 bits per heavy atom. The molecule has 2 amide bonds. The van der Waals surface area contributed by atoms with Gasteiger partial charge in [-0.2, -0.15) is 5.01 Å². The first kappa shape index (κ1) is 21.4. The number of rotatable bonds is 6. The first-order chi connectivity index (χ1) is 13.9. The average Bonchev–Trinajstić information content (AvgIpc) is 3.32. The van der Waals surface area contributed by atoms with Crippen molar-refractivity contribution in [2.45, 2.75) is 0 Å². The molecule has 0 saturated carbocycles. The summed E-state index contributed by atoms with van der Waals surface area (Å²) in [6.45, 7) is 0.0384. The summed E-state index contributed by atoms with van der Waals surface area (Å²) in [5, 5.41) is 2.84. The molecule has 148 valence electrons. The van der Waals surface area contributed by atoms with Crippen molar-refractivity contribution in [3.05, 3.63) is 49.5 Å². The first-order valence-corrected chi connectivity index (χ1v) is 10.9. The van der Waals surface area contributed by atoms with Gasteiger partial charge < -0.3 is 9.47 Å². The van der Waals surface area contributed by atoms with Crippen LogP contribution in [0, 0.1) is 12.3 Å². The quantitative estimate of drug-likeness (QED) is 0.360. The molecule has 0 radical (unpaired) electrons. The van der Waals surface area contributed by atoms with E-state index < -0.39 is 11.8 Å². The van der Waals surface area contributed by atoms with E-state index in [2.05, 4.69) is 27.3 Å². The number of thiocarbonyl (C=S) groups is 1. The van der Waals surface area contributed by atoms with Gasteiger partial charge in [0, 0.05) is 10.0 Å². The van der Waals surface area contributed by atoms with Crippen LogP contribution in [-0.4, -0.2) is 34.9 Å². The van der Waals surface area contributed by atoms with Crippen LogP contribution in [-0.2, 0) is 4.79 Å². The number of ether oxygens (including phenoxy) is 2. The third-order valence-corrected chi connectivity index (χ3v) is 6.24. The molecule has 2 aromatic rings. The maximum absolute atomic E-state index is 12.8. The number of hydrogen-bond acceptors (Lipinski definition) is 7. The van der Waals surface area contributed by atoms with Gasteiger partial charge in [0.15, 0.2) is 15.8 Å². The lowest BCUT2D eigenvalue weighted by Crippen LogP contribution is -2.44. The lowest BCUT2D eigenvalue weighted by molar-refractivity contribution is -0.123. The van der Waals surface area contributed by atoms with Gasteiger partial charge in [0.05, 0.1) is 16.9 Å².